The Balaban J connectivity index is 2.13. The highest BCUT2D eigenvalue weighted by Crippen LogP contribution is 2.42. The van der Waals surface area contributed by atoms with Crippen molar-refractivity contribution in [1.82, 2.24) is 0 Å². The Labute approximate surface area is 86.5 Å². The summed E-state index contributed by atoms with van der Waals surface area (Å²) in [5, 5.41) is 9.86. The van der Waals surface area contributed by atoms with Crippen molar-refractivity contribution in [1.29, 1.82) is 0 Å². The molecular formula is C9H15BrO3. The Morgan fingerprint density at radius 1 is 1.38 bits per heavy atom. The van der Waals surface area contributed by atoms with Crippen LogP contribution in [-0.4, -0.2) is 35.0 Å². The Kier molecular flexibility index (Phi) is 2.66. The van der Waals surface area contributed by atoms with Crippen LogP contribution in [0.15, 0.2) is 0 Å². The third kappa shape index (κ3) is 1.54. The van der Waals surface area contributed by atoms with Crippen LogP contribution in [0, 0.1) is 5.92 Å². The van der Waals surface area contributed by atoms with E-state index in [1.165, 1.54) is 0 Å². The highest BCUT2D eigenvalue weighted by molar-refractivity contribution is 9.09. The summed E-state index contributed by atoms with van der Waals surface area (Å²) in [4.78, 5) is -0.0914. The van der Waals surface area contributed by atoms with Crippen LogP contribution in [0.5, 0.6) is 0 Å². The third-order valence-electron chi connectivity index (χ3n) is 3.03. The number of rotatable bonds is 0. The number of alkyl halides is 1. The molecule has 1 aliphatic heterocycles. The van der Waals surface area contributed by atoms with E-state index in [0.29, 0.717) is 19.1 Å². The van der Waals surface area contributed by atoms with Crippen LogP contribution in [0.4, 0.5) is 0 Å². The lowest BCUT2D eigenvalue weighted by molar-refractivity contribution is -0.196. The molecule has 0 aromatic rings. The van der Waals surface area contributed by atoms with E-state index in [-0.39, 0.29) is 10.9 Å². The summed E-state index contributed by atoms with van der Waals surface area (Å²) in [6.07, 6.45) is 1.47. The predicted octanol–water partition coefficient (Wildman–Crippen LogP) is 1.28. The quantitative estimate of drug-likeness (QED) is 0.659. The normalized spacial score (nSPS) is 44.1. The fourth-order valence-electron chi connectivity index (χ4n) is 2.06. The van der Waals surface area contributed by atoms with Crippen molar-refractivity contribution in [3.63, 3.8) is 0 Å². The summed E-state index contributed by atoms with van der Waals surface area (Å²) in [5.74, 6) is -0.228. The first kappa shape index (κ1) is 9.90. The van der Waals surface area contributed by atoms with E-state index in [1.807, 2.05) is 0 Å². The smallest absolute Gasteiger partial charge is 0.183 e. The molecule has 2 fully saturated rings. The van der Waals surface area contributed by atoms with Crippen LogP contribution in [0.25, 0.3) is 0 Å². The second kappa shape index (κ2) is 3.50. The summed E-state index contributed by atoms with van der Waals surface area (Å²) in [5.41, 5.74) is 0. The molecule has 13 heavy (non-hydrogen) atoms. The molecule has 1 aliphatic carbocycles. The molecule has 4 heteroatoms. The minimum absolute atomic E-state index is 0.0914. The van der Waals surface area contributed by atoms with Crippen LogP contribution < -0.4 is 0 Å². The molecule has 1 heterocycles. The minimum Gasteiger partial charge on any atom is -0.391 e. The zero-order chi connectivity index (χ0) is 9.47. The van der Waals surface area contributed by atoms with Crippen molar-refractivity contribution < 1.29 is 14.6 Å². The monoisotopic (exact) mass is 250 g/mol. The van der Waals surface area contributed by atoms with Gasteiger partial charge in [0.2, 0.25) is 0 Å². The van der Waals surface area contributed by atoms with Gasteiger partial charge in [-0.05, 0) is 12.3 Å². The molecule has 1 saturated carbocycles. The number of hydrogen-bond acceptors (Lipinski definition) is 3. The summed E-state index contributed by atoms with van der Waals surface area (Å²) in [7, 11) is 0. The van der Waals surface area contributed by atoms with Crippen molar-refractivity contribution >= 4 is 15.9 Å². The van der Waals surface area contributed by atoms with Crippen molar-refractivity contribution in [3.8, 4) is 0 Å². The van der Waals surface area contributed by atoms with Gasteiger partial charge in [0.05, 0.1) is 24.1 Å². The molecule has 1 spiro atoms. The maximum atomic E-state index is 9.86. The van der Waals surface area contributed by atoms with Crippen molar-refractivity contribution in [3.05, 3.63) is 0 Å². The third-order valence-corrected chi connectivity index (χ3v) is 4.27. The van der Waals surface area contributed by atoms with Crippen LogP contribution in [0.1, 0.15) is 19.8 Å². The number of ether oxygens (including phenoxy) is 2. The van der Waals surface area contributed by atoms with Gasteiger partial charge >= 0.3 is 0 Å². The second-order valence-electron chi connectivity index (χ2n) is 3.92. The van der Waals surface area contributed by atoms with Gasteiger partial charge in [0.25, 0.3) is 0 Å². The van der Waals surface area contributed by atoms with Gasteiger partial charge in [0.1, 0.15) is 0 Å². The van der Waals surface area contributed by atoms with Gasteiger partial charge in [0, 0.05) is 6.42 Å². The average Bonchev–Trinajstić information content (AvgIpc) is 2.59. The van der Waals surface area contributed by atoms with Crippen LogP contribution in [0.3, 0.4) is 0 Å². The van der Waals surface area contributed by atoms with Crippen molar-refractivity contribution in [2.45, 2.75) is 36.5 Å². The van der Waals surface area contributed by atoms with E-state index in [1.54, 1.807) is 0 Å². The SMILES string of the molecule is CC1CCC2(OCCO2)C(Br)C1O. The van der Waals surface area contributed by atoms with Gasteiger partial charge in [0.15, 0.2) is 5.79 Å². The molecule has 0 bridgehead atoms. The number of hydrogen-bond donors (Lipinski definition) is 1. The summed E-state index contributed by atoms with van der Waals surface area (Å²) >= 11 is 3.48. The molecule has 0 radical (unpaired) electrons. The van der Waals surface area contributed by atoms with Gasteiger partial charge in [-0.1, -0.05) is 22.9 Å². The number of aliphatic hydroxyl groups is 1. The molecule has 0 aromatic carbocycles. The van der Waals surface area contributed by atoms with Gasteiger partial charge in [-0.2, -0.15) is 0 Å². The molecule has 2 aliphatic rings. The first-order chi connectivity index (χ1) is 6.16. The van der Waals surface area contributed by atoms with Crippen molar-refractivity contribution in [2.24, 2.45) is 5.92 Å². The Morgan fingerprint density at radius 2 is 2.00 bits per heavy atom. The topological polar surface area (TPSA) is 38.7 Å². The van der Waals surface area contributed by atoms with Gasteiger partial charge in [-0.3, -0.25) is 0 Å². The van der Waals surface area contributed by atoms with E-state index in [9.17, 15) is 5.11 Å². The van der Waals surface area contributed by atoms with Gasteiger partial charge < -0.3 is 14.6 Å². The minimum atomic E-state index is -0.550. The Bertz CT molecular complexity index is 191. The lowest BCUT2D eigenvalue weighted by Crippen LogP contribution is -2.52. The molecule has 3 nitrogen and oxygen atoms in total. The summed E-state index contributed by atoms with van der Waals surface area (Å²) in [6, 6.07) is 0. The van der Waals surface area contributed by atoms with E-state index < -0.39 is 5.79 Å². The van der Waals surface area contributed by atoms with E-state index in [0.717, 1.165) is 12.8 Å². The first-order valence-corrected chi connectivity index (χ1v) is 5.67. The maximum absolute atomic E-state index is 9.86. The van der Waals surface area contributed by atoms with E-state index in [2.05, 4.69) is 22.9 Å². The van der Waals surface area contributed by atoms with Gasteiger partial charge in [-0.25, -0.2) is 0 Å². The van der Waals surface area contributed by atoms with Crippen LogP contribution in [0.2, 0.25) is 0 Å². The highest BCUT2D eigenvalue weighted by atomic mass is 79.9. The standard InChI is InChI=1S/C9H15BrO3/c1-6-2-3-9(8(10)7(6)11)12-4-5-13-9/h6-8,11H,2-5H2,1H3. The molecular weight excluding hydrogens is 236 g/mol. The largest absolute Gasteiger partial charge is 0.391 e. The zero-order valence-corrected chi connectivity index (χ0v) is 9.29. The predicted molar refractivity (Wildman–Crippen MR) is 51.8 cm³/mol. The molecule has 1 saturated heterocycles. The lowest BCUT2D eigenvalue weighted by atomic mass is 9.84. The second-order valence-corrected chi connectivity index (χ2v) is 4.90. The molecule has 1 N–H and O–H groups in total. The maximum Gasteiger partial charge on any atom is 0.183 e. The summed E-state index contributed by atoms with van der Waals surface area (Å²) in [6.45, 7) is 3.34. The fraction of sp³-hybridized carbons (Fsp3) is 1.00. The molecule has 3 unspecified atom stereocenters. The summed E-state index contributed by atoms with van der Waals surface area (Å²) < 4.78 is 11.2. The Morgan fingerprint density at radius 3 is 2.62 bits per heavy atom. The fourth-order valence-corrected chi connectivity index (χ4v) is 3.07. The molecule has 0 amide bonds. The van der Waals surface area contributed by atoms with E-state index in [4.69, 9.17) is 9.47 Å². The van der Waals surface area contributed by atoms with Gasteiger partial charge in [-0.15, -0.1) is 0 Å². The first-order valence-electron chi connectivity index (χ1n) is 4.76. The lowest BCUT2D eigenvalue weighted by Gasteiger charge is -2.41. The van der Waals surface area contributed by atoms with Crippen molar-refractivity contribution in [2.75, 3.05) is 13.2 Å². The number of halogens is 1. The molecule has 76 valence electrons. The highest BCUT2D eigenvalue weighted by Gasteiger charge is 2.50. The molecule has 2 rings (SSSR count). The molecule has 0 aromatic heterocycles. The zero-order valence-electron chi connectivity index (χ0n) is 7.70. The number of aliphatic hydroxyl groups excluding tert-OH is 1. The Hall–Kier alpha value is 0.360. The average molecular weight is 251 g/mol. The van der Waals surface area contributed by atoms with Crippen LogP contribution >= 0.6 is 15.9 Å². The van der Waals surface area contributed by atoms with E-state index >= 15 is 0 Å². The molecule has 3 atom stereocenters. The van der Waals surface area contributed by atoms with Crippen LogP contribution in [-0.2, 0) is 9.47 Å².